The number of alkyl halides is 3. The van der Waals surface area contributed by atoms with Gasteiger partial charge in [0.2, 0.25) is 5.65 Å². The average molecular weight is 537 g/mol. The number of urea groups is 1. The smallest absolute Gasteiger partial charge is 0.389 e. The van der Waals surface area contributed by atoms with Crippen molar-refractivity contribution in [2.24, 2.45) is 0 Å². The lowest BCUT2D eigenvalue weighted by atomic mass is 10.1. The number of carbonyl (C=O) groups excluding carboxylic acids is 1. The largest absolute Gasteiger partial charge is 0.494 e. The molecule has 0 saturated carbocycles. The average Bonchev–Trinajstić information content (AvgIpc) is 3.37. The third kappa shape index (κ3) is 6.44. The van der Waals surface area contributed by atoms with Gasteiger partial charge in [0.05, 0.1) is 37.3 Å². The van der Waals surface area contributed by atoms with Crippen LogP contribution in [0.15, 0.2) is 30.9 Å². The predicted molar refractivity (Wildman–Crippen MR) is 132 cm³/mol. The summed E-state index contributed by atoms with van der Waals surface area (Å²) in [6.45, 7) is 4.41. The van der Waals surface area contributed by atoms with Crippen LogP contribution in [0.25, 0.3) is 16.9 Å². The molecule has 1 aliphatic rings. The number of nitrogens with one attached hydrogen (secondary N) is 1. The molecule has 10 nitrogen and oxygen atoms in total. The summed E-state index contributed by atoms with van der Waals surface area (Å²) in [6, 6.07) is 0.103. The molecule has 13 heteroatoms. The summed E-state index contributed by atoms with van der Waals surface area (Å²) in [6.07, 6.45) is 1.39. The number of amides is 2. The van der Waals surface area contributed by atoms with E-state index in [1.54, 1.807) is 42.2 Å². The number of fused-ring (bicyclic) bond motifs is 7. The van der Waals surface area contributed by atoms with Crippen molar-refractivity contribution in [3.05, 3.63) is 36.5 Å². The lowest BCUT2D eigenvalue weighted by molar-refractivity contribution is -0.136. The van der Waals surface area contributed by atoms with Crippen molar-refractivity contribution < 1.29 is 32.2 Å². The van der Waals surface area contributed by atoms with Gasteiger partial charge in [0, 0.05) is 49.8 Å². The highest BCUT2D eigenvalue weighted by Crippen LogP contribution is 2.33. The molecule has 0 unspecified atom stereocenters. The minimum absolute atomic E-state index is 0.151. The van der Waals surface area contributed by atoms with Crippen molar-refractivity contribution >= 4 is 11.7 Å². The molecule has 4 heterocycles. The highest BCUT2D eigenvalue weighted by atomic mass is 19.4. The SMILES string of the molecule is CCN1C(=O)N[C@@H](CCC(F)(F)F)CCOCCOc2nc(cn3ccnc23)-c2cc(ncc2OC)[C@H]1C. The van der Waals surface area contributed by atoms with Crippen LogP contribution in [0.5, 0.6) is 11.6 Å². The van der Waals surface area contributed by atoms with Crippen LogP contribution in [0, 0.1) is 0 Å². The van der Waals surface area contributed by atoms with Crippen molar-refractivity contribution in [2.45, 2.75) is 51.4 Å². The Labute approximate surface area is 218 Å². The van der Waals surface area contributed by atoms with Crippen LogP contribution in [0.2, 0.25) is 0 Å². The second-order valence-corrected chi connectivity index (χ2v) is 8.91. The van der Waals surface area contributed by atoms with E-state index in [1.807, 2.05) is 6.92 Å². The molecule has 38 heavy (non-hydrogen) atoms. The van der Waals surface area contributed by atoms with Crippen LogP contribution < -0.4 is 14.8 Å². The molecule has 0 radical (unpaired) electrons. The summed E-state index contributed by atoms with van der Waals surface area (Å²) in [5.41, 5.74) is 2.26. The summed E-state index contributed by atoms with van der Waals surface area (Å²) < 4.78 is 57.6. The number of rotatable bonds is 4. The number of carbonyl (C=O) groups is 1. The molecule has 3 aromatic heterocycles. The van der Waals surface area contributed by atoms with Gasteiger partial charge in [-0.25, -0.2) is 14.8 Å². The van der Waals surface area contributed by atoms with E-state index in [1.165, 1.54) is 12.0 Å². The van der Waals surface area contributed by atoms with Crippen LogP contribution in [0.3, 0.4) is 0 Å². The van der Waals surface area contributed by atoms with Crippen molar-refractivity contribution in [3.8, 4) is 22.9 Å². The van der Waals surface area contributed by atoms with Crippen LogP contribution in [-0.4, -0.2) is 76.0 Å². The van der Waals surface area contributed by atoms with Gasteiger partial charge in [-0.2, -0.15) is 13.2 Å². The maximum atomic E-state index is 13.2. The third-order valence-electron chi connectivity index (χ3n) is 6.41. The van der Waals surface area contributed by atoms with Gasteiger partial charge in [0.25, 0.3) is 5.88 Å². The van der Waals surface area contributed by atoms with Gasteiger partial charge < -0.3 is 28.8 Å². The Kier molecular flexibility index (Phi) is 8.55. The Hall–Kier alpha value is -3.61. The van der Waals surface area contributed by atoms with E-state index >= 15 is 0 Å². The van der Waals surface area contributed by atoms with Crippen molar-refractivity contribution in [1.29, 1.82) is 0 Å². The van der Waals surface area contributed by atoms with E-state index in [2.05, 4.69) is 20.3 Å². The number of aromatic nitrogens is 4. The Morgan fingerprint density at radius 2 is 2.05 bits per heavy atom. The number of hydrogen-bond acceptors (Lipinski definition) is 7. The molecule has 0 saturated heterocycles. The first-order chi connectivity index (χ1) is 18.2. The molecule has 2 amide bonds. The Bertz CT molecular complexity index is 1250. The lowest BCUT2D eigenvalue weighted by Crippen LogP contribution is -2.46. The second kappa shape index (κ2) is 11.8. The number of methoxy groups -OCH3 is 1. The molecular weight excluding hydrogens is 505 g/mol. The number of halogens is 3. The molecule has 3 aromatic rings. The van der Waals surface area contributed by atoms with E-state index in [0.717, 1.165) is 0 Å². The van der Waals surface area contributed by atoms with Crippen LogP contribution in [0.1, 0.15) is 44.8 Å². The molecule has 0 spiro atoms. The highest BCUT2D eigenvalue weighted by molar-refractivity contribution is 5.75. The Morgan fingerprint density at radius 3 is 2.79 bits per heavy atom. The van der Waals surface area contributed by atoms with E-state index in [0.29, 0.717) is 40.8 Å². The van der Waals surface area contributed by atoms with Gasteiger partial charge in [-0.15, -0.1) is 0 Å². The molecule has 4 rings (SSSR count). The van der Waals surface area contributed by atoms with Gasteiger partial charge in [-0.05, 0) is 32.8 Å². The van der Waals surface area contributed by atoms with Crippen LogP contribution in [-0.2, 0) is 4.74 Å². The van der Waals surface area contributed by atoms with Crippen molar-refractivity contribution in [2.75, 3.05) is 33.5 Å². The monoisotopic (exact) mass is 536 g/mol. The number of ether oxygens (including phenoxy) is 3. The first-order valence-electron chi connectivity index (χ1n) is 12.4. The van der Waals surface area contributed by atoms with Crippen molar-refractivity contribution in [3.63, 3.8) is 0 Å². The van der Waals surface area contributed by atoms with Crippen LogP contribution >= 0.6 is 0 Å². The number of hydrogen-bond donors (Lipinski definition) is 1. The molecule has 2 atom stereocenters. The molecule has 0 aromatic carbocycles. The summed E-state index contributed by atoms with van der Waals surface area (Å²) in [7, 11) is 1.52. The molecular formula is C25H31F3N6O4. The highest BCUT2D eigenvalue weighted by Gasteiger charge is 2.30. The topological polar surface area (TPSA) is 103 Å². The van der Waals surface area contributed by atoms with Gasteiger partial charge in [-0.3, -0.25) is 4.98 Å². The summed E-state index contributed by atoms with van der Waals surface area (Å²) in [5.74, 6) is 0.767. The normalized spacial score (nSPS) is 19.5. The first-order valence-corrected chi connectivity index (χ1v) is 12.4. The third-order valence-corrected chi connectivity index (χ3v) is 6.41. The quantitative estimate of drug-likeness (QED) is 0.527. The predicted octanol–water partition coefficient (Wildman–Crippen LogP) is 4.40. The number of pyridine rings is 1. The molecule has 1 N–H and O–H groups in total. The van der Waals surface area contributed by atoms with E-state index in [4.69, 9.17) is 14.2 Å². The molecule has 0 aliphatic carbocycles. The fourth-order valence-electron chi connectivity index (χ4n) is 4.34. The van der Waals surface area contributed by atoms with Gasteiger partial charge in [0.1, 0.15) is 12.4 Å². The van der Waals surface area contributed by atoms with Gasteiger partial charge in [-0.1, -0.05) is 0 Å². The maximum Gasteiger partial charge on any atom is 0.389 e. The summed E-state index contributed by atoms with van der Waals surface area (Å²) >= 11 is 0. The zero-order valence-electron chi connectivity index (χ0n) is 21.5. The minimum atomic E-state index is -4.33. The Balaban J connectivity index is 1.72. The maximum absolute atomic E-state index is 13.2. The zero-order valence-corrected chi connectivity index (χ0v) is 21.5. The first kappa shape index (κ1) is 27.4. The van der Waals surface area contributed by atoms with E-state index < -0.39 is 30.7 Å². The fraction of sp³-hybridized carbons (Fsp3) is 0.520. The van der Waals surface area contributed by atoms with Crippen LogP contribution in [0.4, 0.5) is 18.0 Å². The fourth-order valence-corrected chi connectivity index (χ4v) is 4.34. The standard InChI is InChI=1S/C25H31F3N6O4/c1-4-34-16(2)19-13-18(21(36-3)14-30-19)20-15-33-9-8-29-22(33)23(32-20)38-12-11-37-10-6-17(31-24(34)35)5-7-25(26,27)28/h8-9,13-17H,4-7,10-12H2,1-3H3,(H,31,35)/t16-,17+/m1/s1. The summed E-state index contributed by atoms with van der Waals surface area (Å²) in [5, 5.41) is 2.77. The number of nitrogens with zero attached hydrogens (tertiary/aromatic N) is 5. The van der Waals surface area contributed by atoms with Gasteiger partial charge >= 0.3 is 12.2 Å². The lowest BCUT2D eigenvalue weighted by Gasteiger charge is -2.30. The molecule has 1 aliphatic heterocycles. The number of imidazole rings is 1. The van der Waals surface area contributed by atoms with E-state index in [-0.39, 0.29) is 32.7 Å². The molecule has 206 valence electrons. The Morgan fingerprint density at radius 1 is 1.24 bits per heavy atom. The van der Waals surface area contributed by atoms with E-state index in [9.17, 15) is 18.0 Å². The minimum Gasteiger partial charge on any atom is -0.494 e. The van der Waals surface area contributed by atoms with Gasteiger partial charge in [0.15, 0.2) is 0 Å². The van der Waals surface area contributed by atoms with Crippen molar-refractivity contribution in [1.82, 2.24) is 29.6 Å². The molecule has 4 bridgehead atoms. The second-order valence-electron chi connectivity index (χ2n) is 8.91. The zero-order chi connectivity index (χ0) is 27.3. The molecule has 0 fully saturated rings. The summed E-state index contributed by atoms with van der Waals surface area (Å²) in [4.78, 5) is 28.2.